The molecule has 0 aliphatic carbocycles. The summed E-state index contributed by atoms with van der Waals surface area (Å²) in [4.78, 5) is 13.8. The van der Waals surface area contributed by atoms with Crippen LogP contribution in [-0.4, -0.2) is 22.0 Å². The largest absolute Gasteiger partial charge is 0.481 e. The van der Waals surface area contributed by atoms with E-state index in [4.69, 9.17) is 5.11 Å². The zero-order chi connectivity index (χ0) is 10.6. The molecule has 1 rings (SSSR count). The molecular weight excluding hydrogens is 192 g/mol. The Morgan fingerprint density at radius 3 is 2.50 bits per heavy atom. The summed E-state index contributed by atoms with van der Waals surface area (Å²) in [5.74, 6) is -4.70. The van der Waals surface area contributed by atoms with Crippen molar-refractivity contribution < 1.29 is 18.7 Å². The molecule has 1 heterocycles. The number of rotatable bonds is 4. The first-order chi connectivity index (χ1) is 6.49. The number of halogens is 2. The molecule has 1 N–H and O–H groups in total. The monoisotopic (exact) mass is 201 g/mol. The minimum atomic E-state index is -3.20. The van der Waals surface area contributed by atoms with Crippen molar-refractivity contribution in [1.82, 2.24) is 4.98 Å². The Bertz CT molecular complexity index is 314. The molecular formula is C9H9F2NO2. The van der Waals surface area contributed by atoms with Crippen LogP contribution in [0, 0.1) is 0 Å². The fraction of sp³-hybridized carbons (Fsp3) is 0.333. The van der Waals surface area contributed by atoms with Gasteiger partial charge in [0.05, 0.1) is 0 Å². The molecule has 0 aliphatic heterocycles. The van der Waals surface area contributed by atoms with E-state index < -0.39 is 24.7 Å². The van der Waals surface area contributed by atoms with E-state index in [2.05, 4.69) is 4.98 Å². The zero-order valence-electron chi connectivity index (χ0n) is 7.28. The lowest BCUT2D eigenvalue weighted by Gasteiger charge is -2.13. The summed E-state index contributed by atoms with van der Waals surface area (Å²) in [7, 11) is 0. The average Bonchev–Trinajstić information content (AvgIpc) is 2.02. The van der Waals surface area contributed by atoms with Crippen LogP contribution in [-0.2, 0) is 11.2 Å². The smallest absolute Gasteiger partial charge is 0.309 e. The van der Waals surface area contributed by atoms with E-state index >= 15 is 0 Å². The predicted octanol–water partition coefficient (Wildman–Crippen LogP) is 1.73. The summed E-state index contributed by atoms with van der Waals surface area (Å²) in [5, 5.41) is 8.23. The van der Waals surface area contributed by atoms with Crippen LogP contribution in [0.5, 0.6) is 0 Å². The van der Waals surface area contributed by atoms with Gasteiger partial charge in [-0.25, -0.2) is 8.78 Å². The molecule has 0 spiro atoms. The topological polar surface area (TPSA) is 50.2 Å². The number of aromatic nitrogens is 1. The molecule has 0 unspecified atom stereocenters. The molecule has 0 radical (unpaired) electrons. The van der Waals surface area contributed by atoms with E-state index in [0.29, 0.717) is 5.56 Å². The SMILES string of the molecule is O=C(O)CC(F)(F)Cc1ccncc1. The Hall–Kier alpha value is -1.52. The number of nitrogens with zero attached hydrogens (tertiary/aromatic N) is 1. The zero-order valence-corrected chi connectivity index (χ0v) is 7.28. The third kappa shape index (κ3) is 3.47. The maximum absolute atomic E-state index is 13.0. The average molecular weight is 201 g/mol. The van der Waals surface area contributed by atoms with E-state index in [0.717, 1.165) is 0 Å². The van der Waals surface area contributed by atoms with Gasteiger partial charge in [-0.2, -0.15) is 0 Å². The van der Waals surface area contributed by atoms with Crippen LogP contribution in [0.3, 0.4) is 0 Å². The number of carbonyl (C=O) groups is 1. The molecule has 0 atom stereocenters. The van der Waals surface area contributed by atoms with Crippen molar-refractivity contribution >= 4 is 5.97 Å². The second kappa shape index (κ2) is 4.13. The number of carboxylic acids is 1. The van der Waals surface area contributed by atoms with Gasteiger partial charge in [-0.1, -0.05) is 0 Å². The van der Waals surface area contributed by atoms with E-state index in [1.807, 2.05) is 0 Å². The number of hydrogen-bond acceptors (Lipinski definition) is 2. The number of aliphatic carboxylic acids is 1. The van der Waals surface area contributed by atoms with Crippen LogP contribution in [0.2, 0.25) is 0 Å². The second-order valence-electron chi connectivity index (χ2n) is 2.96. The first kappa shape index (κ1) is 10.6. The van der Waals surface area contributed by atoms with E-state index in [-0.39, 0.29) is 0 Å². The van der Waals surface area contributed by atoms with Gasteiger partial charge in [-0.3, -0.25) is 9.78 Å². The van der Waals surface area contributed by atoms with E-state index in [1.165, 1.54) is 24.5 Å². The van der Waals surface area contributed by atoms with Gasteiger partial charge in [0.25, 0.3) is 5.92 Å². The first-order valence-corrected chi connectivity index (χ1v) is 3.98. The minimum Gasteiger partial charge on any atom is -0.481 e. The van der Waals surface area contributed by atoms with Crippen molar-refractivity contribution in [2.45, 2.75) is 18.8 Å². The van der Waals surface area contributed by atoms with Gasteiger partial charge < -0.3 is 5.11 Å². The van der Waals surface area contributed by atoms with Crippen LogP contribution >= 0.6 is 0 Å². The van der Waals surface area contributed by atoms with Crippen molar-refractivity contribution in [3.8, 4) is 0 Å². The lowest BCUT2D eigenvalue weighted by molar-refractivity contribution is -0.144. The Morgan fingerprint density at radius 1 is 1.43 bits per heavy atom. The highest BCUT2D eigenvalue weighted by atomic mass is 19.3. The number of hydrogen-bond donors (Lipinski definition) is 1. The van der Waals surface area contributed by atoms with Gasteiger partial charge in [0.1, 0.15) is 6.42 Å². The maximum atomic E-state index is 13.0. The summed E-state index contributed by atoms with van der Waals surface area (Å²) in [6.45, 7) is 0. The Labute approximate surface area is 79.4 Å². The minimum absolute atomic E-state index is 0.381. The molecule has 1 aromatic heterocycles. The molecule has 0 aliphatic rings. The van der Waals surface area contributed by atoms with Gasteiger partial charge in [-0.15, -0.1) is 0 Å². The van der Waals surface area contributed by atoms with Gasteiger partial charge >= 0.3 is 5.97 Å². The van der Waals surface area contributed by atoms with Crippen molar-refractivity contribution in [2.75, 3.05) is 0 Å². The van der Waals surface area contributed by atoms with Crippen molar-refractivity contribution in [2.24, 2.45) is 0 Å². The number of alkyl halides is 2. The molecule has 0 saturated carbocycles. The van der Waals surface area contributed by atoms with Crippen LogP contribution in [0.1, 0.15) is 12.0 Å². The highest BCUT2D eigenvalue weighted by molar-refractivity contribution is 5.67. The lowest BCUT2D eigenvalue weighted by Crippen LogP contribution is -2.23. The summed E-state index contributed by atoms with van der Waals surface area (Å²) in [6.07, 6.45) is 1.08. The molecule has 1 aromatic rings. The molecule has 14 heavy (non-hydrogen) atoms. The lowest BCUT2D eigenvalue weighted by atomic mass is 10.1. The van der Waals surface area contributed by atoms with Crippen LogP contribution in [0.15, 0.2) is 24.5 Å². The molecule has 3 nitrogen and oxygen atoms in total. The molecule has 5 heteroatoms. The van der Waals surface area contributed by atoms with E-state index in [9.17, 15) is 13.6 Å². The maximum Gasteiger partial charge on any atom is 0.309 e. The van der Waals surface area contributed by atoms with Crippen molar-refractivity contribution in [3.05, 3.63) is 30.1 Å². The Balaban J connectivity index is 2.63. The Morgan fingerprint density at radius 2 is 2.00 bits per heavy atom. The number of carboxylic acid groups (broad SMARTS) is 1. The molecule has 76 valence electrons. The molecule has 0 aromatic carbocycles. The van der Waals surface area contributed by atoms with Gasteiger partial charge in [0, 0.05) is 18.8 Å². The summed E-state index contributed by atoms with van der Waals surface area (Å²) in [6, 6.07) is 2.88. The highest BCUT2D eigenvalue weighted by Gasteiger charge is 2.32. The van der Waals surface area contributed by atoms with Gasteiger partial charge in [0.15, 0.2) is 0 Å². The normalized spacial score (nSPS) is 11.3. The first-order valence-electron chi connectivity index (χ1n) is 3.98. The molecule has 0 saturated heterocycles. The number of pyridine rings is 1. The van der Waals surface area contributed by atoms with Crippen LogP contribution in [0.4, 0.5) is 8.78 Å². The fourth-order valence-electron chi connectivity index (χ4n) is 1.08. The molecule has 0 fully saturated rings. The highest BCUT2D eigenvalue weighted by Crippen LogP contribution is 2.23. The predicted molar refractivity (Wildman–Crippen MR) is 45.1 cm³/mol. The van der Waals surface area contributed by atoms with Gasteiger partial charge in [0.2, 0.25) is 0 Å². The van der Waals surface area contributed by atoms with Gasteiger partial charge in [-0.05, 0) is 17.7 Å². The van der Waals surface area contributed by atoms with Crippen molar-refractivity contribution in [1.29, 1.82) is 0 Å². The summed E-state index contributed by atoms with van der Waals surface area (Å²) < 4.78 is 25.9. The van der Waals surface area contributed by atoms with E-state index in [1.54, 1.807) is 0 Å². The standard InChI is InChI=1S/C9H9F2NO2/c10-9(11,6-8(13)14)5-7-1-3-12-4-2-7/h1-4H,5-6H2,(H,13,14). The van der Waals surface area contributed by atoms with Crippen molar-refractivity contribution in [3.63, 3.8) is 0 Å². The quantitative estimate of drug-likeness (QED) is 0.807. The third-order valence-corrected chi connectivity index (χ3v) is 1.62. The fourth-order valence-corrected chi connectivity index (χ4v) is 1.08. The second-order valence-corrected chi connectivity index (χ2v) is 2.96. The van der Waals surface area contributed by atoms with Crippen LogP contribution < -0.4 is 0 Å². The molecule has 0 amide bonds. The summed E-state index contributed by atoms with van der Waals surface area (Å²) >= 11 is 0. The molecule has 0 bridgehead atoms. The Kier molecular flexibility index (Phi) is 3.11. The summed E-state index contributed by atoms with van der Waals surface area (Å²) in [5.41, 5.74) is 0.381. The third-order valence-electron chi connectivity index (χ3n) is 1.62. The van der Waals surface area contributed by atoms with Crippen LogP contribution in [0.25, 0.3) is 0 Å².